The van der Waals surface area contributed by atoms with Gasteiger partial charge in [-0.3, -0.25) is 9.59 Å². The molecule has 0 saturated heterocycles. The molecule has 1 unspecified atom stereocenters. The van der Waals surface area contributed by atoms with Gasteiger partial charge in [0.05, 0.1) is 12.5 Å². The van der Waals surface area contributed by atoms with E-state index in [0.29, 0.717) is 0 Å². The number of rotatable bonds is 5. The van der Waals surface area contributed by atoms with E-state index in [0.717, 1.165) is 5.56 Å². The first kappa shape index (κ1) is 27.0. The Morgan fingerprint density at radius 1 is 1.13 bits per heavy atom. The second kappa shape index (κ2) is 13.3. The third-order valence-corrected chi connectivity index (χ3v) is 3.66. The summed E-state index contributed by atoms with van der Waals surface area (Å²) in [6, 6.07) is 12.6. The quantitative estimate of drug-likeness (QED) is 0.544. The number of aryl methyl sites for hydroxylation is 1. The van der Waals surface area contributed by atoms with Crippen LogP contribution in [-0.4, -0.2) is 45.6 Å². The van der Waals surface area contributed by atoms with Gasteiger partial charge in [-0.25, -0.2) is 4.39 Å². The Balaban J connectivity index is 0.000000528. The summed E-state index contributed by atoms with van der Waals surface area (Å²) in [5.41, 5.74) is -0.838. The number of carboxylic acids is 1. The van der Waals surface area contributed by atoms with E-state index < -0.39 is 30.8 Å². The molecule has 0 radical (unpaired) electrons. The summed E-state index contributed by atoms with van der Waals surface area (Å²) < 4.78 is 16.6. The van der Waals surface area contributed by atoms with Crippen LogP contribution in [0.15, 0.2) is 48.5 Å². The molecule has 166 valence electrons. The van der Waals surface area contributed by atoms with Crippen LogP contribution in [0.25, 0.3) is 0 Å². The van der Waals surface area contributed by atoms with Crippen LogP contribution in [-0.2, 0) is 19.9 Å². The Bertz CT molecular complexity index is 793. The lowest BCUT2D eigenvalue weighted by atomic mass is 9.93. The smallest absolute Gasteiger partial charge is 0.305 e. The second-order valence-corrected chi connectivity index (χ2v) is 6.78. The van der Waals surface area contributed by atoms with Gasteiger partial charge < -0.3 is 25.2 Å². The van der Waals surface area contributed by atoms with Crippen LogP contribution in [0.4, 0.5) is 4.39 Å². The predicted octanol–water partition coefficient (Wildman–Crippen LogP) is 3.00. The van der Waals surface area contributed by atoms with E-state index in [1.54, 1.807) is 45.0 Å². The van der Waals surface area contributed by atoms with Gasteiger partial charge in [0.2, 0.25) is 0 Å². The van der Waals surface area contributed by atoms with Crippen LogP contribution in [0, 0.1) is 18.7 Å². The van der Waals surface area contributed by atoms with E-state index in [-0.39, 0.29) is 23.0 Å². The van der Waals surface area contributed by atoms with Crippen LogP contribution in [0.3, 0.4) is 0 Å². The molecule has 0 amide bonds. The highest BCUT2D eigenvalue weighted by molar-refractivity contribution is 5.68. The van der Waals surface area contributed by atoms with Crippen molar-refractivity contribution in [2.45, 2.75) is 33.3 Å². The molecule has 0 aliphatic carbocycles. The van der Waals surface area contributed by atoms with E-state index in [1.807, 2.05) is 0 Å². The van der Waals surface area contributed by atoms with Crippen LogP contribution in [0.2, 0.25) is 0 Å². The first-order valence-corrected chi connectivity index (χ1v) is 9.13. The number of aromatic hydroxyl groups is 1. The zero-order valence-corrected chi connectivity index (χ0v) is 17.5. The fourth-order valence-corrected chi connectivity index (χ4v) is 1.88. The van der Waals surface area contributed by atoms with Gasteiger partial charge in [0.25, 0.3) is 0 Å². The summed E-state index contributed by atoms with van der Waals surface area (Å²) >= 11 is 0. The van der Waals surface area contributed by atoms with E-state index >= 15 is 0 Å². The summed E-state index contributed by atoms with van der Waals surface area (Å²) in [6.45, 7) is 5.21. The molecule has 8 heteroatoms. The van der Waals surface area contributed by atoms with Crippen LogP contribution >= 0.6 is 0 Å². The molecule has 0 fully saturated rings. The van der Waals surface area contributed by atoms with Gasteiger partial charge in [0.1, 0.15) is 23.8 Å². The minimum atomic E-state index is -1.79. The fourth-order valence-electron chi connectivity index (χ4n) is 1.88. The predicted molar refractivity (Wildman–Crippen MR) is 109 cm³/mol. The first-order chi connectivity index (χ1) is 13.9. The summed E-state index contributed by atoms with van der Waals surface area (Å²) in [5.74, 6) is -1.86. The fraction of sp³-hybridized carbons (Fsp3) is 0.364. The summed E-state index contributed by atoms with van der Waals surface area (Å²) in [7, 11) is 0. The highest BCUT2D eigenvalue weighted by Crippen LogP contribution is 2.30. The third-order valence-electron chi connectivity index (χ3n) is 3.66. The van der Waals surface area contributed by atoms with Gasteiger partial charge in [0.15, 0.2) is 0 Å². The zero-order valence-electron chi connectivity index (χ0n) is 17.5. The molecule has 0 heterocycles. The Morgan fingerprint density at radius 3 is 2.00 bits per heavy atom. The average Bonchev–Trinajstić information content (AvgIpc) is 2.67. The van der Waals surface area contributed by atoms with Crippen molar-refractivity contribution >= 4 is 11.9 Å². The number of hydrogen-bond acceptors (Lipinski definition) is 6. The number of carbonyl (C=O) groups is 2. The topological polar surface area (TPSA) is 124 Å². The summed E-state index contributed by atoms with van der Waals surface area (Å²) in [5, 5.41) is 37.0. The van der Waals surface area contributed by atoms with Gasteiger partial charge in [-0.05, 0) is 30.7 Å². The maximum Gasteiger partial charge on any atom is 0.305 e. The number of benzene rings is 2. The number of halogens is 1. The SMILES string of the molecule is CC(=O)OCC(O)(CO)c1ccc(C)cc1O.CC(C)C(=O)O.Fc1ccccc1. The number of phenolic OH excluding ortho intramolecular Hbond substituents is 1. The summed E-state index contributed by atoms with van der Waals surface area (Å²) in [6.07, 6.45) is 0. The molecule has 0 aliphatic heterocycles. The molecule has 0 bridgehead atoms. The maximum atomic E-state index is 11.9. The lowest BCUT2D eigenvalue weighted by Crippen LogP contribution is -2.36. The number of aliphatic carboxylic acids is 1. The molecule has 2 rings (SSSR count). The van der Waals surface area contributed by atoms with Crippen molar-refractivity contribution in [3.05, 3.63) is 65.5 Å². The van der Waals surface area contributed by atoms with Crippen LogP contribution in [0.5, 0.6) is 5.75 Å². The maximum absolute atomic E-state index is 11.9. The average molecular weight is 424 g/mol. The van der Waals surface area contributed by atoms with Crippen molar-refractivity contribution < 1.29 is 39.1 Å². The van der Waals surface area contributed by atoms with E-state index in [4.69, 9.17) is 5.11 Å². The van der Waals surface area contributed by atoms with Crippen molar-refractivity contribution in [2.24, 2.45) is 5.92 Å². The standard InChI is InChI=1S/C12H16O5.C6H5F.C4H8O2/c1-8-3-4-10(11(15)5-8)12(16,6-13)7-17-9(2)14;7-6-4-2-1-3-5-6;1-3(2)4(5)6/h3-5,13,15-16H,6-7H2,1-2H3;1-5H;3H,1-2H3,(H,5,6). The summed E-state index contributed by atoms with van der Waals surface area (Å²) in [4.78, 5) is 20.4. The first-order valence-electron chi connectivity index (χ1n) is 9.13. The third kappa shape index (κ3) is 10.5. The number of hydrogen-bond donors (Lipinski definition) is 4. The minimum absolute atomic E-state index is 0.131. The van der Waals surface area contributed by atoms with Gasteiger partial charge in [0, 0.05) is 12.5 Å². The molecule has 4 N–H and O–H groups in total. The van der Waals surface area contributed by atoms with Gasteiger partial charge in [-0.15, -0.1) is 0 Å². The molecule has 1 atom stereocenters. The van der Waals surface area contributed by atoms with E-state index in [2.05, 4.69) is 4.74 Å². The van der Waals surface area contributed by atoms with Crippen molar-refractivity contribution in [1.82, 2.24) is 0 Å². The van der Waals surface area contributed by atoms with Crippen molar-refractivity contribution in [1.29, 1.82) is 0 Å². The number of carbonyl (C=O) groups excluding carboxylic acids is 1. The van der Waals surface area contributed by atoms with Gasteiger partial charge in [-0.2, -0.15) is 0 Å². The molecule has 2 aromatic rings. The van der Waals surface area contributed by atoms with Gasteiger partial charge >= 0.3 is 11.9 Å². The molecule has 0 spiro atoms. The van der Waals surface area contributed by atoms with Crippen LogP contribution in [0.1, 0.15) is 31.9 Å². The molecule has 2 aromatic carbocycles. The van der Waals surface area contributed by atoms with E-state index in [1.165, 1.54) is 31.2 Å². The highest BCUT2D eigenvalue weighted by Gasteiger charge is 2.32. The molecular weight excluding hydrogens is 395 g/mol. The number of aliphatic hydroxyl groups excluding tert-OH is 1. The normalized spacial score (nSPS) is 11.9. The van der Waals surface area contributed by atoms with Crippen molar-refractivity contribution in [3.8, 4) is 5.75 Å². The van der Waals surface area contributed by atoms with Crippen LogP contribution < -0.4 is 0 Å². The number of esters is 1. The van der Waals surface area contributed by atoms with Crippen molar-refractivity contribution in [3.63, 3.8) is 0 Å². The lowest BCUT2D eigenvalue weighted by molar-refractivity contribution is -0.152. The Labute approximate surface area is 175 Å². The number of ether oxygens (including phenoxy) is 1. The van der Waals surface area contributed by atoms with E-state index in [9.17, 15) is 29.3 Å². The molecule has 0 aliphatic rings. The monoisotopic (exact) mass is 424 g/mol. The molecular formula is C22H29FO7. The number of aliphatic hydroxyl groups is 2. The number of phenols is 1. The Hall–Kier alpha value is -2.97. The molecule has 7 nitrogen and oxygen atoms in total. The van der Waals surface area contributed by atoms with Gasteiger partial charge in [-0.1, -0.05) is 44.2 Å². The van der Waals surface area contributed by atoms with Crippen molar-refractivity contribution in [2.75, 3.05) is 13.2 Å². The Morgan fingerprint density at radius 2 is 1.67 bits per heavy atom. The number of carboxylic acid groups (broad SMARTS) is 1. The lowest BCUT2D eigenvalue weighted by Gasteiger charge is -2.26. The molecule has 30 heavy (non-hydrogen) atoms. The largest absolute Gasteiger partial charge is 0.508 e. The second-order valence-electron chi connectivity index (χ2n) is 6.78. The zero-order chi connectivity index (χ0) is 23.3. The molecule has 0 aromatic heterocycles. The highest BCUT2D eigenvalue weighted by atomic mass is 19.1. The minimum Gasteiger partial charge on any atom is -0.508 e. The Kier molecular flexibility index (Phi) is 12.0. The molecule has 0 saturated carbocycles.